The summed E-state index contributed by atoms with van der Waals surface area (Å²) in [7, 11) is 0. The third kappa shape index (κ3) is 13.9. The fraction of sp³-hybridized carbons (Fsp3) is 0.940. The number of hydrogen-bond donors (Lipinski definition) is 8. The number of hydrogen-bond acceptors (Lipinski definition) is 9. The summed E-state index contributed by atoms with van der Waals surface area (Å²) in [5.41, 5.74) is 0.555. The lowest BCUT2D eigenvalue weighted by Crippen LogP contribution is -2.60. The quantitative estimate of drug-likeness (QED) is 0.0741. The molecular weight excluding hydrogens is 1150 g/mol. The second-order valence-electron chi connectivity index (χ2n) is 39.9. The van der Waals surface area contributed by atoms with Crippen molar-refractivity contribution in [1.29, 1.82) is 0 Å². The van der Waals surface area contributed by atoms with Crippen LogP contribution >= 0.6 is 0 Å². The largest absolute Gasteiger partial charge is 0.393 e. The highest BCUT2D eigenvalue weighted by Crippen LogP contribution is 2.72. The van der Waals surface area contributed by atoms with Crippen LogP contribution in [0.1, 0.15) is 324 Å². The van der Waals surface area contributed by atoms with Gasteiger partial charge in [-0.1, -0.05) is 100 Å². The molecule has 0 spiro atoms. The molecule has 0 saturated heterocycles. The van der Waals surface area contributed by atoms with Crippen LogP contribution in [0.3, 0.4) is 0 Å². The number of aliphatic hydroxyl groups excluding tert-OH is 2. The fourth-order valence-corrected chi connectivity index (χ4v) is 26.6. The maximum Gasteiger partial charge on any atom is 0.159 e. The Balaban J connectivity index is 0.000000153. The summed E-state index contributed by atoms with van der Waals surface area (Å²) >= 11 is 0. The summed E-state index contributed by atoms with van der Waals surface area (Å²) < 4.78 is 0. The molecule has 10 saturated carbocycles. The summed E-state index contributed by atoms with van der Waals surface area (Å²) in [6.07, 6.45) is 35.9. The van der Waals surface area contributed by atoms with Gasteiger partial charge in [0.2, 0.25) is 0 Å². The van der Waals surface area contributed by atoms with Crippen molar-refractivity contribution in [2.75, 3.05) is 0 Å². The predicted molar refractivity (Wildman–Crippen MR) is 379 cm³/mol. The lowest BCUT2D eigenvalue weighted by Gasteiger charge is -2.63. The van der Waals surface area contributed by atoms with Crippen LogP contribution < -0.4 is 0 Å². The molecule has 8 N–H and O–H groups in total. The number of carbonyl (C=O) groups is 1. The van der Waals surface area contributed by atoms with Crippen molar-refractivity contribution >= 4 is 5.78 Å². The minimum atomic E-state index is -0.615. The highest BCUT2D eigenvalue weighted by molar-refractivity contribution is 5.94. The first-order chi connectivity index (χ1) is 43.0. The first-order valence-corrected chi connectivity index (χ1v) is 39.7. The molecule has 12 aliphatic carbocycles. The zero-order valence-corrected chi connectivity index (χ0v) is 63.0. The molecule has 534 valence electrons. The third-order valence-electron chi connectivity index (χ3n) is 33.1. The maximum absolute atomic E-state index is 13.6. The highest BCUT2D eigenvalue weighted by Gasteiger charge is 2.66. The van der Waals surface area contributed by atoms with Gasteiger partial charge >= 0.3 is 0 Å². The third-order valence-corrected chi connectivity index (χ3v) is 33.1. The van der Waals surface area contributed by atoms with E-state index in [9.17, 15) is 45.6 Å². The minimum Gasteiger partial charge on any atom is -0.393 e. The Labute approximate surface area is 568 Å². The first-order valence-electron chi connectivity index (χ1n) is 39.7. The van der Waals surface area contributed by atoms with E-state index in [-0.39, 0.29) is 39.8 Å². The van der Waals surface area contributed by atoms with E-state index in [2.05, 4.69) is 89.2 Å². The van der Waals surface area contributed by atoms with Crippen LogP contribution in [0.15, 0.2) is 23.3 Å². The van der Waals surface area contributed by atoms with Crippen molar-refractivity contribution in [2.24, 2.45) is 127 Å². The Kier molecular flexibility index (Phi) is 21.1. The zero-order chi connectivity index (χ0) is 68.5. The Morgan fingerprint density at radius 1 is 0.462 bits per heavy atom. The van der Waals surface area contributed by atoms with Gasteiger partial charge in [0.1, 0.15) is 0 Å². The number of rotatable bonds is 15. The fourth-order valence-electron chi connectivity index (χ4n) is 26.6. The smallest absolute Gasteiger partial charge is 0.159 e. The number of ketones is 1. The molecule has 0 aromatic heterocycles. The maximum atomic E-state index is 13.6. The van der Waals surface area contributed by atoms with Gasteiger partial charge in [0.05, 0.1) is 45.8 Å². The molecule has 27 atom stereocenters. The van der Waals surface area contributed by atoms with Crippen LogP contribution in [0.2, 0.25) is 0 Å². The van der Waals surface area contributed by atoms with Crippen LogP contribution in [0.5, 0.6) is 0 Å². The summed E-state index contributed by atoms with van der Waals surface area (Å²) in [6, 6.07) is 0. The number of fused-ring (bicyclic) bond motifs is 15. The molecule has 10 fully saturated rings. The van der Waals surface area contributed by atoms with E-state index in [4.69, 9.17) is 0 Å². The van der Waals surface area contributed by atoms with E-state index in [0.717, 1.165) is 128 Å². The Hall–Kier alpha value is -1.17. The van der Waals surface area contributed by atoms with Crippen molar-refractivity contribution in [3.8, 4) is 0 Å². The summed E-state index contributed by atoms with van der Waals surface area (Å²) in [4.78, 5) is 13.6. The van der Waals surface area contributed by atoms with E-state index in [1.165, 1.54) is 81.8 Å². The minimum absolute atomic E-state index is 0.0892. The molecule has 0 unspecified atom stereocenters. The van der Waals surface area contributed by atoms with Gasteiger partial charge in [0.15, 0.2) is 5.78 Å². The molecule has 93 heavy (non-hydrogen) atoms. The standard InChI is InChI=1S/C28H50O3.C28H48O3.C28H46O3/c3*1-7-28(31)15-14-26(5)19(17-28)16-23(29)24-21-9-8-20(18(2)10-12-25(3,4)30)27(21,6)13-11-22(24)26/h18-24,29-31H,7-17H2,1-6H3;16,18,20-24,29-31H,7-15,17H2,1-6H3;16,18,20-22,24,30-31H,7-15,17H2,1-6H3/t18-,19+,20-,21+,22+,23+,24+,26+,27-,28+;18-,20-,21+,22+,23+,24+,26+,27-,28+;18-,20-,21+,22+,24+,26+,27-,28+/m111/s1. The molecule has 0 aromatic rings. The molecule has 0 heterocycles. The monoisotopic (exact) mass is 1300 g/mol. The van der Waals surface area contributed by atoms with Crippen molar-refractivity contribution in [3.05, 3.63) is 23.3 Å². The Morgan fingerprint density at radius 2 is 0.849 bits per heavy atom. The summed E-state index contributed by atoms with van der Waals surface area (Å²) in [5, 5.41) is 86.5. The normalized spacial score (nSPS) is 48.5. The van der Waals surface area contributed by atoms with Crippen LogP contribution in [0.25, 0.3) is 0 Å². The van der Waals surface area contributed by atoms with E-state index in [1.807, 2.05) is 47.6 Å². The first kappa shape index (κ1) is 74.5. The van der Waals surface area contributed by atoms with Crippen LogP contribution in [-0.2, 0) is 4.79 Å². The molecule has 9 nitrogen and oxygen atoms in total. The van der Waals surface area contributed by atoms with Gasteiger partial charge in [-0.15, -0.1) is 0 Å². The van der Waals surface area contributed by atoms with Crippen molar-refractivity contribution < 1.29 is 45.6 Å². The van der Waals surface area contributed by atoms with E-state index < -0.39 is 33.6 Å². The van der Waals surface area contributed by atoms with E-state index in [1.54, 1.807) is 0 Å². The topological polar surface area (TPSA) is 179 Å². The number of carbonyl (C=O) groups excluding carboxylic acids is 1. The Morgan fingerprint density at radius 3 is 1.31 bits per heavy atom. The zero-order valence-electron chi connectivity index (χ0n) is 63.0. The molecule has 0 amide bonds. The van der Waals surface area contributed by atoms with Crippen molar-refractivity contribution in [2.45, 2.75) is 369 Å². The van der Waals surface area contributed by atoms with Gasteiger partial charge < -0.3 is 40.9 Å². The SMILES string of the molecule is CC[C@]1(O)CC[C@@]2(C)C(=CC(=O)[C@H]3[C@@H]4CC[C@H]([C@H](C)CCC(C)(C)O)[C@@]4(C)CC[C@@H]32)C1.CC[C@]1(O)CC[C@@]2(C)C(=C[C@H](O)[C@H]3[C@@H]4CC[C@H]([C@H](C)CCC(C)(C)O)[C@@]4(C)CC[C@@H]32)C1.CC[C@]1(O)CC[C@@]2(C)[C@@H](C[C@H](O)[C@@H]3[C@@H]2CC[C@]2(C)[C@@H]([C@H](C)CCC(C)(C)O)CC[C@@H]32)C1. The highest BCUT2D eigenvalue weighted by atomic mass is 16.3. The number of aliphatic hydroxyl groups is 8. The number of allylic oxidation sites excluding steroid dienone is 1. The summed E-state index contributed by atoms with van der Waals surface area (Å²) in [6.45, 7) is 39.9. The van der Waals surface area contributed by atoms with Crippen molar-refractivity contribution in [1.82, 2.24) is 0 Å². The lowest BCUT2D eigenvalue weighted by molar-refractivity contribution is -0.189. The van der Waals surface area contributed by atoms with Crippen LogP contribution in [0, 0.1) is 127 Å². The average Bonchev–Trinajstić information content (AvgIpc) is 1.42. The van der Waals surface area contributed by atoms with Gasteiger partial charge in [0.25, 0.3) is 0 Å². The van der Waals surface area contributed by atoms with Gasteiger partial charge in [-0.3, -0.25) is 4.79 Å². The van der Waals surface area contributed by atoms with Crippen LogP contribution in [0.4, 0.5) is 0 Å². The Bertz CT molecular complexity index is 2680. The second-order valence-corrected chi connectivity index (χ2v) is 39.9. The van der Waals surface area contributed by atoms with Crippen molar-refractivity contribution in [3.63, 3.8) is 0 Å². The second kappa shape index (κ2) is 26.3. The van der Waals surface area contributed by atoms with E-state index in [0.29, 0.717) is 106 Å². The average molecular weight is 1300 g/mol. The predicted octanol–water partition coefficient (Wildman–Crippen LogP) is 17.9. The molecular formula is C84H144O9. The molecule has 12 aliphatic rings. The van der Waals surface area contributed by atoms with Gasteiger partial charge in [0, 0.05) is 5.92 Å². The molecule has 0 bridgehead atoms. The molecule has 12 rings (SSSR count). The molecule has 0 aliphatic heterocycles. The molecule has 0 radical (unpaired) electrons. The molecule has 9 heteroatoms. The van der Waals surface area contributed by atoms with Gasteiger partial charge in [-0.05, 0) is 368 Å². The van der Waals surface area contributed by atoms with Crippen LogP contribution in [-0.4, -0.2) is 92.4 Å². The lowest BCUT2D eigenvalue weighted by atomic mass is 9.43. The van der Waals surface area contributed by atoms with Gasteiger partial charge in [-0.25, -0.2) is 0 Å². The van der Waals surface area contributed by atoms with E-state index >= 15 is 0 Å². The molecule has 0 aromatic carbocycles. The van der Waals surface area contributed by atoms with Gasteiger partial charge in [-0.2, -0.15) is 0 Å². The summed E-state index contributed by atoms with van der Waals surface area (Å²) in [5.74, 6) is 9.07.